The van der Waals surface area contributed by atoms with Crippen LogP contribution < -0.4 is 29.1 Å². The maximum atomic E-state index is 13.8. The monoisotopic (exact) mass is 634 g/mol. The Morgan fingerprint density at radius 2 is 1.81 bits per heavy atom. The number of fused-ring (bicyclic) bond motifs is 1. The molecule has 2 aromatic carbocycles. The van der Waals surface area contributed by atoms with Gasteiger partial charge >= 0.3 is 5.97 Å². The number of benzene rings is 2. The van der Waals surface area contributed by atoms with Gasteiger partial charge in [0.2, 0.25) is 0 Å². The van der Waals surface area contributed by atoms with E-state index >= 15 is 0 Å². The molecule has 10 heteroatoms. The highest BCUT2D eigenvalue weighted by Gasteiger charge is 2.34. The van der Waals surface area contributed by atoms with E-state index in [-0.39, 0.29) is 12.2 Å². The molecule has 0 radical (unpaired) electrons. The van der Waals surface area contributed by atoms with Gasteiger partial charge in [-0.3, -0.25) is 9.36 Å². The molecule has 1 atom stereocenters. The van der Waals surface area contributed by atoms with E-state index in [2.05, 4.69) is 27.6 Å². The van der Waals surface area contributed by atoms with Crippen molar-refractivity contribution < 1.29 is 23.7 Å². The van der Waals surface area contributed by atoms with E-state index in [0.717, 1.165) is 14.9 Å². The molecule has 0 spiro atoms. The van der Waals surface area contributed by atoms with E-state index in [4.69, 9.17) is 18.9 Å². The first-order chi connectivity index (χ1) is 17.8. The number of aromatic nitrogens is 1. The molecule has 0 amide bonds. The van der Waals surface area contributed by atoms with Gasteiger partial charge in [0.05, 0.1) is 52.8 Å². The topological polar surface area (TPSA) is 88.4 Å². The van der Waals surface area contributed by atoms with Gasteiger partial charge < -0.3 is 18.9 Å². The first-order valence-electron chi connectivity index (χ1n) is 11.7. The van der Waals surface area contributed by atoms with Crippen molar-refractivity contribution in [3.05, 3.63) is 82.1 Å². The summed E-state index contributed by atoms with van der Waals surface area (Å²) in [7, 11) is 3.18. The van der Waals surface area contributed by atoms with Crippen LogP contribution in [0.4, 0.5) is 0 Å². The fourth-order valence-corrected chi connectivity index (χ4v) is 5.97. The molecule has 0 bridgehead atoms. The Bertz CT molecular complexity index is 1560. The summed E-state index contributed by atoms with van der Waals surface area (Å²) in [6.45, 7) is 6.02. The fraction of sp³-hybridized carbons (Fsp3) is 0.296. The van der Waals surface area contributed by atoms with Gasteiger partial charge in [0.25, 0.3) is 5.56 Å². The molecular weight excluding hydrogens is 607 g/mol. The number of hydrogen-bond donors (Lipinski definition) is 0. The van der Waals surface area contributed by atoms with Gasteiger partial charge in [0, 0.05) is 0 Å². The number of esters is 1. The third kappa shape index (κ3) is 5.30. The molecule has 1 aliphatic heterocycles. The summed E-state index contributed by atoms with van der Waals surface area (Å²) < 4.78 is 24.9. The van der Waals surface area contributed by atoms with Crippen molar-refractivity contribution in [2.24, 2.45) is 4.99 Å². The van der Waals surface area contributed by atoms with Gasteiger partial charge in [-0.15, -0.1) is 0 Å². The molecule has 8 nitrogen and oxygen atoms in total. The zero-order chi connectivity index (χ0) is 26.7. The smallest absolute Gasteiger partial charge is 0.338 e. The van der Waals surface area contributed by atoms with Gasteiger partial charge in [0.1, 0.15) is 5.75 Å². The van der Waals surface area contributed by atoms with Crippen LogP contribution in [0.25, 0.3) is 6.08 Å². The zero-order valence-electron chi connectivity index (χ0n) is 21.2. The molecule has 0 aliphatic carbocycles. The van der Waals surface area contributed by atoms with Crippen molar-refractivity contribution in [3.63, 3.8) is 0 Å². The molecule has 0 saturated heterocycles. The lowest BCUT2D eigenvalue weighted by atomic mass is 9.95. The van der Waals surface area contributed by atoms with E-state index in [1.807, 2.05) is 37.3 Å². The molecule has 0 fully saturated rings. The largest absolute Gasteiger partial charge is 0.496 e. The lowest BCUT2D eigenvalue weighted by molar-refractivity contribution is -0.139. The highest BCUT2D eigenvalue weighted by Crippen LogP contribution is 2.36. The third-order valence-electron chi connectivity index (χ3n) is 5.79. The van der Waals surface area contributed by atoms with Gasteiger partial charge in [-0.1, -0.05) is 23.5 Å². The SMILES string of the molecule is CCOC(=O)C1=C(C)N=c2s/c(=C\c3ccc(OC)c(I)c3)c(=O)n2C1c1ccc(OC)c(OCC)c1. The van der Waals surface area contributed by atoms with Crippen LogP contribution in [0.1, 0.15) is 37.9 Å². The first-order valence-corrected chi connectivity index (χ1v) is 13.6. The summed E-state index contributed by atoms with van der Waals surface area (Å²) in [6, 6.07) is 10.4. The predicted octanol–water partition coefficient (Wildman–Crippen LogP) is 3.82. The summed E-state index contributed by atoms with van der Waals surface area (Å²) >= 11 is 3.47. The van der Waals surface area contributed by atoms with Crippen molar-refractivity contribution in [1.82, 2.24) is 4.57 Å². The second kappa shape index (κ2) is 11.5. The molecular formula is C27H27IN2O6S. The quantitative estimate of drug-likeness (QED) is 0.277. The Labute approximate surface area is 232 Å². The Balaban J connectivity index is 1.94. The Morgan fingerprint density at radius 3 is 2.46 bits per heavy atom. The number of methoxy groups -OCH3 is 2. The van der Waals surface area contributed by atoms with Crippen LogP contribution >= 0.6 is 33.9 Å². The first kappa shape index (κ1) is 26.9. The van der Waals surface area contributed by atoms with Crippen LogP contribution in [0, 0.1) is 3.57 Å². The predicted molar refractivity (Wildman–Crippen MR) is 150 cm³/mol. The summed E-state index contributed by atoms with van der Waals surface area (Å²) in [6.07, 6.45) is 1.82. The Hall–Kier alpha value is -3.12. The van der Waals surface area contributed by atoms with Crippen LogP contribution in [0.3, 0.4) is 0 Å². The molecule has 0 saturated carbocycles. The van der Waals surface area contributed by atoms with E-state index in [1.54, 1.807) is 44.8 Å². The third-order valence-corrected chi connectivity index (χ3v) is 7.62. The summed E-state index contributed by atoms with van der Waals surface area (Å²) in [5.41, 5.74) is 2.11. The molecule has 0 N–H and O–H groups in total. The van der Waals surface area contributed by atoms with Gasteiger partial charge in [-0.25, -0.2) is 9.79 Å². The Kier molecular flexibility index (Phi) is 8.38. The van der Waals surface area contributed by atoms with E-state index in [0.29, 0.717) is 44.3 Å². The molecule has 2 heterocycles. The number of carbonyl (C=O) groups is 1. The second-order valence-electron chi connectivity index (χ2n) is 8.04. The van der Waals surface area contributed by atoms with Crippen LogP contribution in [0.2, 0.25) is 0 Å². The van der Waals surface area contributed by atoms with Gasteiger partial charge in [-0.05, 0) is 84.8 Å². The lowest BCUT2D eigenvalue weighted by Gasteiger charge is -2.25. The highest BCUT2D eigenvalue weighted by molar-refractivity contribution is 14.1. The number of hydrogen-bond acceptors (Lipinski definition) is 8. The van der Waals surface area contributed by atoms with E-state index in [1.165, 1.54) is 11.3 Å². The molecule has 4 rings (SSSR count). The standard InChI is InChI=1S/C27H27IN2O6S/c1-6-35-21-14-17(9-11-20(21)34-5)24-23(26(32)36-7-2)15(3)29-27-30(24)25(31)22(37-27)13-16-8-10-19(33-4)18(28)12-16/h8-14,24H,6-7H2,1-5H3/b22-13-. The molecule has 1 aliphatic rings. The van der Waals surface area contributed by atoms with Gasteiger partial charge in [-0.2, -0.15) is 0 Å². The fourth-order valence-electron chi connectivity index (χ4n) is 4.16. The second-order valence-corrected chi connectivity index (χ2v) is 10.2. The van der Waals surface area contributed by atoms with E-state index in [9.17, 15) is 9.59 Å². The minimum atomic E-state index is -0.737. The average Bonchev–Trinajstić information content (AvgIpc) is 3.17. The van der Waals surface area contributed by atoms with Crippen LogP contribution in [0.15, 0.2) is 57.5 Å². The number of thiazole rings is 1. The van der Waals surface area contributed by atoms with E-state index < -0.39 is 12.0 Å². The molecule has 194 valence electrons. The Morgan fingerprint density at radius 1 is 1.08 bits per heavy atom. The number of carbonyl (C=O) groups excluding carboxylic acids is 1. The number of halogens is 1. The maximum Gasteiger partial charge on any atom is 0.338 e. The highest BCUT2D eigenvalue weighted by atomic mass is 127. The normalized spacial score (nSPS) is 15.2. The van der Waals surface area contributed by atoms with Crippen LogP contribution in [-0.2, 0) is 9.53 Å². The van der Waals surface area contributed by atoms with Crippen molar-refractivity contribution >= 4 is 46.0 Å². The number of nitrogens with zero attached hydrogens (tertiary/aromatic N) is 2. The maximum absolute atomic E-state index is 13.8. The lowest BCUT2D eigenvalue weighted by Crippen LogP contribution is -2.40. The van der Waals surface area contributed by atoms with Crippen molar-refractivity contribution in [2.45, 2.75) is 26.8 Å². The molecule has 3 aromatic rings. The minimum Gasteiger partial charge on any atom is -0.496 e. The van der Waals surface area contributed by atoms with Crippen LogP contribution in [-0.4, -0.2) is 38.0 Å². The van der Waals surface area contributed by atoms with Crippen LogP contribution in [0.5, 0.6) is 17.2 Å². The van der Waals surface area contributed by atoms with Crippen molar-refractivity contribution in [2.75, 3.05) is 27.4 Å². The summed E-state index contributed by atoms with van der Waals surface area (Å²) in [5.74, 6) is 1.33. The van der Waals surface area contributed by atoms with Crippen molar-refractivity contribution in [3.8, 4) is 17.2 Å². The molecule has 1 aromatic heterocycles. The summed E-state index contributed by atoms with van der Waals surface area (Å²) in [4.78, 5) is 32.0. The number of ether oxygens (including phenoxy) is 4. The zero-order valence-corrected chi connectivity index (χ0v) is 24.1. The summed E-state index contributed by atoms with van der Waals surface area (Å²) in [5, 5.41) is 0. The number of rotatable bonds is 8. The van der Waals surface area contributed by atoms with Gasteiger partial charge in [0.15, 0.2) is 16.3 Å². The number of allylic oxidation sites excluding steroid dienone is 1. The average molecular weight is 634 g/mol. The minimum absolute atomic E-state index is 0.204. The molecule has 37 heavy (non-hydrogen) atoms. The molecule has 1 unspecified atom stereocenters. The van der Waals surface area contributed by atoms with Crippen molar-refractivity contribution in [1.29, 1.82) is 0 Å².